The van der Waals surface area contributed by atoms with Crippen LogP contribution in [-0.2, 0) is 11.3 Å². The fraction of sp³-hybridized carbons (Fsp3) is 0.708. The van der Waals surface area contributed by atoms with Gasteiger partial charge in [-0.2, -0.15) is 0 Å². The van der Waals surface area contributed by atoms with E-state index in [2.05, 4.69) is 68.6 Å². The molecular formula is C24H37N7O. The number of hydrogen-bond acceptors (Lipinski definition) is 7. The zero-order valence-corrected chi connectivity index (χ0v) is 19.6. The maximum atomic E-state index is 5.88. The molecule has 1 aliphatic carbocycles. The van der Waals surface area contributed by atoms with E-state index in [0.717, 1.165) is 64.0 Å². The Balaban J connectivity index is 1.39. The second kappa shape index (κ2) is 9.85. The van der Waals surface area contributed by atoms with Gasteiger partial charge in [0.15, 0.2) is 5.82 Å². The SMILES string of the molecule is CN(C)c1ccc(C(c2nnnn2CC2CCCO2)N2CCN(C3CCCC3)CC2)cc1. The van der Waals surface area contributed by atoms with Gasteiger partial charge in [0.25, 0.3) is 0 Å². The first-order chi connectivity index (χ1) is 15.7. The fourth-order valence-electron chi connectivity index (χ4n) is 5.63. The molecule has 174 valence electrons. The molecule has 0 N–H and O–H groups in total. The van der Waals surface area contributed by atoms with Crippen LogP contribution in [0.4, 0.5) is 5.69 Å². The highest BCUT2D eigenvalue weighted by Gasteiger charge is 2.33. The summed E-state index contributed by atoms with van der Waals surface area (Å²) in [5.41, 5.74) is 2.46. The Labute approximate surface area is 191 Å². The number of ether oxygens (including phenoxy) is 1. The van der Waals surface area contributed by atoms with Crippen LogP contribution in [0.3, 0.4) is 0 Å². The van der Waals surface area contributed by atoms with E-state index in [1.807, 2.05) is 4.68 Å². The maximum absolute atomic E-state index is 5.88. The number of nitrogens with zero attached hydrogens (tertiary/aromatic N) is 7. The molecule has 8 nitrogen and oxygen atoms in total. The first-order valence-corrected chi connectivity index (χ1v) is 12.3. The number of tetrazole rings is 1. The van der Waals surface area contributed by atoms with Crippen LogP contribution in [0.2, 0.25) is 0 Å². The summed E-state index contributed by atoms with van der Waals surface area (Å²) < 4.78 is 7.87. The van der Waals surface area contributed by atoms with Crippen LogP contribution in [0.1, 0.15) is 56.0 Å². The quantitative estimate of drug-likeness (QED) is 0.657. The van der Waals surface area contributed by atoms with Crippen LogP contribution in [-0.4, -0.2) is 89.0 Å². The lowest BCUT2D eigenvalue weighted by molar-refractivity contribution is 0.0720. The third-order valence-electron chi connectivity index (χ3n) is 7.49. The number of rotatable bonds is 7. The molecule has 2 aromatic rings. The van der Waals surface area contributed by atoms with E-state index in [1.165, 1.54) is 36.9 Å². The van der Waals surface area contributed by atoms with Crippen molar-refractivity contribution >= 4 is 5.69 Å². The zero-order valence-electron chi connectivity index (χ0n) is 19.6. The van der Waals surface area contributed by atoms with E-state index in [0.29, 0.717) is 0 Å². The topological polar surface area (TPSA) is 62.6 Å². The number of aromatic nitrogens is 4. The number of piperazine rings is 1. The van der Waals surface area contributed by atoms with Crippen LogP contribution in [0.15, 0.2) is 24.3 Å². The highest BCUT2D eigenvalue weighted by molar-refractivity contribution is 5.47. The molecule has 32 heavy (non-hydrogen) atoms. The molecule has 0 radical (unpaired) electrons. The van der Waals surface area contributed by atoms with Crippen molar-refractivity contribution in [3.8, 4) is 0 Å². The molecule has 3 fully saturated rings. The zero-order chi connectivity index (χ0) is 21.9. The molecular weight excluding hydrogens is 402 g/mol. The summed E-state index contributed by atoms with van der Waals surface area (Å²) in [5, 5.41) is 13.0. The van der Waals surface area contributed by atoms with Gasteiger partial charge in [0.1, 0.15) is 0 Å². The van der Waals surface area contributed by atoms with Crippen LogP contribution in [0.25, 0.3) is 0 Å². The third-order valence-corrected chi connectivity index (χ3v) is 7.49. The molecule has 8 heteroatoms. The molecule has 1 aromatic heterocycles. The predicted molar refractivity (Wildman–Crippen MR) is 125 cm³/mol. The summed E-state index contributed by atoms with van der Waals surface area (Å²) in [6, 6.07) is 9.74. The molecule has 1 saturated carbocycles. The molecule has 0 spiro atoms. The second-order valence-electron chi connectivity index (χ2n) is 9.75. The lowest BCUT2D eigenvalue weighted by atomic mass is 10.0. The van der Waals surface area contributed by atoms with Gasteiger partial charge in [-0.05, 0) is 53.8 Å². The van der Waals surface area contributed by atoms with E-state index in [1.54, 1.807) is 0 Å². The summed E-state index contributed by atoms with van der Waals surface area (Å²) in [4.78, 5) is 7.43. The van der Waals surface area contributed by atoms with Crippen LogP contribution in [0.5, 0.6) is 0 Å². The van der Waals surface area contributed by atoms with Gasteiger partial charge < -0.3 is 9.64 Å². The number of hydrogen-bond donors (Lipinski definition) is 0. The molecule has 1 aromatic carbocycles. The van der Waals surface area contributed by atoms with Crippen molar-refractivity contribution in [2.75, 3.05) is 51.8 Å². The Morgan fingerprint density at radius 1 is 1.00 bits per heavy atom. The van der Waals surface area contributed by atoms with Crippen LogP contribution < -0.4 is 4.90 Å². The van der Waals surface area contributed by atoms with Crippen LogP contribution in [0, 0.1) is 0 Å². The minimum Gasteiger partial charge on any atom is -0.378 e. The van der Waals surface area contributed by atoms with Gasteiger partial charge in [0.2, 0.25) is 0 Å². The summed E-state index contributed by atoms with van der Waals surface area (Å²) in [6.45, 7) is 5.93. The van der Waals surface area contributed by atoms with Crippen molar-refractivity contribution in [1.82, 2.24) is 30.0 Å². The van der Waals surface area contributed by atoms with E-state index < -0.39 is 0 Å². The van der Waals surface area contributed by atoms with Gasteiger partial charge in [0.05, 0.1) is 18.7 Å². The van der Waals surface area contributed by atoms with Gasteiger partial charge >= 0.3 is 0 Å². The van der Waals surface area contributed by atoms with Crippen molar-refractivity contribution in [3.63, 3.8) is 0 Å². The van der Waals surface area contributed by atoms with Gasteiger partial charge in [-0.3, -0.25) is 9.80 Å². The van der Waals surface area contributed by atoms with Gasteiger partial charge in [-0.1, -0.05) is 25.0 Å². The standard InChI is InChI=1S/C24H37N7O/c1-28(2)20-11-9-19(10-12-20)23(24-25-26-27-31(24)18-22-8-5-17-32-22)30-15-13-29(14-16-30)21-6-3-4-7-21/h9-12,21-23H,3-8,13-18H2,1-2H3. The fourth-order valence-corrected chi connectivity index (χ4v) is 5.63. The van der Waals surface area contributed by atoms with Gasteiger partial charge in [-0.15, -0.1) is 5.10 Å². The summed E-state index contributed by atoms with van der Waals surface area (Å²) in [6.07, 6.45) is 7.95. The first kappa shape index (κ1) is 21.8. The molecule has 3 heterocycles. The van der Waals surface area contributed by atoms with Crippen molar-refractivity contribution in [3.05, 3.63) is 35.7 Å². The molecule has 0 bridgehead atoms. The second-order valence-corrected chi connectivity index (χ2v) is 9.75. The van der Waals surface area contributed by atoms with E-state index in [-0.39, 0.29) is 12.1 Å². The molecule has 2 aliphatic heterocycles. The molecule has 2 unspecified atom stereocenters. The Morgan fingerprint density at radius 2 is 1.75 bits per heavy atom. The monoisotopic (exact) mass is 439 g/mol. The predicted octanol–water partition coefficient (Wildman–Crippen LogP) is 2.57. The van der Waals surface area contributed by atoms with Crippen molar-refractivity contribution in [1.29, 1.82) is 0 Å². The Hall–Kier alpha value is -2.03. The lowest BCUT2D eigenvalue weighted by Crippen LogP contribution is -2.51. The number of anilines is 1. The highest BCUT2D eigenvalue weighted by atomic mass is 16.5. The Morgan fingerprint density at radius 3 is 2.41 bits per heavy atom. The minimum atomic E-state index is 0.0633. The highest BCUT2D eigenvalue weighted by Crippen LogP contribution is 2.31. The summed E-state index contributed by atoms with van der Waals surface area (Å²) >= 11 is 0. The molecule has 3 aliphatic rings. The Bertz CT molecular complexity index is 847. The van der Waals surface area contributed by atoms with E-state index in [4.69, 9.17) is 4.74 Å². The van der Waals surface area contributed by atoms with Crippen molar-refractivity contribution < 1.29 is 4.74 Å². The molecule has 2 saturated heterocycles. The maximum Gasteiger partial charge on any atom is 0.173 e. The molecule has 5 rings (SSSR count). The smallest absolute Gasteiger partial charge is 0.173 e. The van der Waals surface area contributed by atoms with E-state index >= 15 is 0 Å². The largest absolute Gasteiger partial charge is 0.378 e. The van der Waals surface area contributed by atoms with Gasteiger partial charge in [-0.25, -0.2) is 4.68 Å². The average molecular weight is 440 g/mol. The molecule has 0 amide bonds. The first-order valence-electron chi connectivity index (χ1n) is 12.3. The van der Waals surface area contributed by atoms with E-state index in [9.17, 15) is 0 Å². The normalized spacial score (nSPS) is 24.2. The average Bonchev–Trinajstić information content (AvgIpc) is 3.59. The summed E-state index contributed by atoms with van der Waals surface area (Å²) in [7, 11) is 4.16. The Kier molecular flexibility index (Phi) is 6.71. The van der Waals surface area contributed by atoms with Crippen molar-refractivity contribution in [2.24, 2.45) is 0 Å². The summed E-state index contributed by atoms with van der Waals surface area (Å²) in [5.74, 6) is 0.937. The molecule has 2 atom stereocenters. The third kappa shape index (κ3) is 4.67. The minimum absolute atomic E-state index is 0.0633. The van der Waals surface area contributed by atoms with Crippen molar-refractivity contribution in [2.45, 2.75) is 63.3 Å². The number of benzene rings is 1. The van der Waals surface area contributed by atoms with Crippen LogP contribution >= 0.6 is 0 Å². The lowest BCUT2D eigenvalue weighted by Gasteiger charge is -2.41. The van der Waals surface area contributed by atoms with Gasteiger partial charge in [0, 0.05) is 58.6 Å².